The molecule has 2 aromatic rings. The van der Waals surface area contributed by atoms with Gasteiger partial charge in [0.05, 0.1) is 11.4 Å². The van der Waals surface area contributed by atoms with Gasteiger partial charge in [0.2, 0.25) is 5.91 Å². The van der Waals surface area contributed by atoms with E-state index < -0.39 is 0 Å². The number of rotatable bonds is 1. The fourth-order valence-corrected chi connectivity index (χ4v) is 4.29. The van der Waals surface area contributed by atoms with Crippen LogP contribution in [0.1, 0.15) is 12.0 Å². The molecule has 0 radical (unpaired) electrons. The summed E-state index contributed by atoms with van der Waals surface area (Å²) in [6.45, 7) is 0. The lowest BCUT2D eigenvalue weighted by Gasteiger charge is -2.33. The van der Waals surface area contributed by atoms with Gasteiger partial charge in [-0.2, -0.15) is 5.10 Å². The van der Waals surface area contributed by atoms with Gasteiger partial charge >= 0.3 is 0 Å². The second-order valence-corrected chi connectivity index (χ2v) is 7.45. The quantitative estimate of drug-likeness (QED) is 0.725. The van der Waals surface area contributed by atoms with Gasteiger partial charge in [-0.05, 0) is 42.5 Å². The van der Waals surface area contributed by atoms with Gasteiger partial charge in [0.15, 0.2) is 0 Å². The van der Waals surface area contributed by atoms with E-state index in [1.54, 1.807) is 36.0 Å². The monoisotopic (exact) mass is 362 g/mol. The standard InChI is InChI=1S/C17H12Cl2N2OS/c18-11-1-4-13(5-2-11)21-16(22)7-10-9-23-15-6-3-12(19)8-14(15)17(10)20-21/h1-6,8,10H,7,9H2. The third kappa shape index (κ3) is 2.75. The molecule has 4 rings (SSSR count). The molecule has 0 bridgehead atoms. The van der Waals surface area contributed by atoms with Gasteiger partial charge < -0.3 is 0 Å². The highest BCUT2D eigenvalue weighted by atomic mass is 35.5. The zero-order chi connectivity index (χ0) is 16.0. The smallest absolute Gasteiger partial charge is 0.248 e. The van der Waals surface area contributed by atoms with Crippen molar-refractivity contribution in [1.29, 1.82) is 0 Å². The van der Waals surface area contributed by atoms with Crippen LogP contribution < -0.4 is 5.01 Å². The van der Waals surface area contributed by atoms with Gasteiger partial charge in [-0.1, -0.05) is 23.2 Å². The Labute approximate surface area is 148 Å². The van der Waals surface area contributed by atoms with E-state index >= 15 is 0 Å². The van der Waals surface area contributed by atoms with Crippen molar-refractivity contribution in [2.24, 2.45) is 11.0 Å². The lowest BCUT2D eigenvalue weighted by Crippen LogP contribution is -2.39. The molecule has 1 unspecified atom stereocenters. The van der Waals surface area contributed by atoms with Crippen LogP contribution in [0.5, 0.6) is 0 Å². The van der Waals surface area contributed by atoms with Gasteiger partial charge in [0.25, 0.3) is 0 Å². The molecule has 0 aromatic heterocycles. The SMILES string of the molecule is O=C1CC2CSc3ccc(Cl)cc3C2=NN1c1ccc(Cl)cc1. The lowest BCUT2D eigenvalue weighted by atomic mass is 9.93. The van der Waals surface area contributed by atoms with Crippen molar-refractivity contribution in [3.05, 3.63) is 58.1 Å². The van der Waals surface area contributed by atoms with E-state index in [1.807, 2.05) is 18.2 Å². The summed E-state index contributed by atoms with van der Waals surface area (Å²) in [4.78, 5) is 13.6. The maximum atomic E-state index is 12.5. The topological polar surface area (TPSA) is 32.7 Å². The Balaban J connectivity index is 1.81. The summed E-state index contributed by atoms with van der Waals surface area (Å²) in [5, 5.41) is 7.44. The first-order chi connectivity index (χ1) is 11.1. The molecule has 0 N–H and O–H groups in total. The number of carbonyl (C=O) groups is 1. The molecule has 2 aliphatic heterocycles. The van der Waals surface area contributed by atoms with E-state index in [0.717, 1.165) is 27.6 Å². The highest BCUT2D eigenvalue weighted by Gasteiger charge is 2.35. The number of hydrogen-bond acceptors (Lipinski definition) is 3. The molecule has 2 heterocycles. The zero-order valence-corrected chi connectivity index (χ0v) is 14.3. The Morgan fingerprint density at radius 2 is 1.83 bits per heavy atom. The van der Waals surface area contributed by atoms with Crippen LogP contribution in [-0.4, -0.2) is 17.4 Å². The normalized spacial score (nSPS) is 19.9. The average Bonchev–Trinajstić information content (AvgIpc) is 2.55. The Bertz CT molecular complexity index is 820. The minimum absolute atomic E-state index is 0.00662. The van der Waals surface area contributed by atoms with Gasteiger partial charge in [0.1, 0.15) is 0 Å². The van der Waals surface area contributed by atoms with Crippen LogP contribution >= 0.6 is 35.0 Å². The summed E-state index contributed by atoms with van der Waals surface area (Å²) in [5.74, 6) is 1.02. The van der Waals surface area contributed by atoms with Gasteiger partial charge in [0, 0.05) is 38.6 Å². The van der Waals surface area contributed by atoms with Crippen LogP contribution in [0.4, 0.5) is 5.69 Å². The molecule has 0 spiro atoms. The maximum Gasteiger partial charge on any atom is 0.248 e. The van der Waals surface area contributed by atoms with Gasteiger partial charge in [-0.25, -0.2) is 5.01 Å². The number of carbonyl (C=O) groups excluding carboxylic acids is 1. The fourth-order valence-electron chi connectivity index (χ4n) is 2.85. The van der Waals surface area contributed by atoms with Crippen molar-refractivity contribution in [2.45, 2.75) is 11.3 Å². The molecule has 1 atom stereocenters. The Hall–Kier alpha value is -1.49. The molecular formula is C17H12Cl2N2OS. The largest absolute Gasteiger partial charge is 0.273 e. The van der Waals surface area contributed by atoms with Crippen LogP contribution in [0.25, 0.3) is 0 Å². The molecule has 3 nitrogen and oxygen atoms in total. The first kappa shape index (κ1) is 15.1. The summed E-state index contributed by atoms with van der Waals surface area (Å²) in [6.07, 6.45) is 0.459. The maximum absolute atomic E-state index is 12.5. The molecule has 0 fully saturated rings. The van der Waals surface area contributed by atoms with Gasteiger partial charge in [-0.15, -0.1) is 11.8 Å². The van der Waals surface area contributed by atoms with E-state index in [-0.39, 0.29) is 11.8 Å². The number of nitrogens with zero attached hydrogens (tertiary/aromatic N) is 2. The van der Waals surface area contributed by atoms with Crippen LogP contribution in [0.2, 0.25) is 10.0 Å². The second kappa shape index (κ2) is 5.86. The molecule has 23 heavy (non-hydrogen) atoms. The van der Waals surface area contributed by atoms with Crippen molar-refractivity contribution < 1.29 is 4.79 Å². The average molecular weight is 363 g/mol. The lowest BCUT2D eigenvalue weighted by molar-refractivity contribution is -0.119. The van der Waals surface area contributed by atoms with E-state index in [4.69, 9.17) is 23.2 Å². The van der Waals surface area contributed by atoms with E-state index in [1.165, 1.54) is 5.01 Å². The molecule has 1 amide bonds. The number of hydrogen-bond donors (Lipinski definition) is 0. The van der Waals surface area contributed by atoms with E-state index in [9.17, 15) is 4.79 Å². The third-order valence-corrected chi connectivity index (χ3v) is 5.70. The first-order valence-electron chi connectivity index (χ1n) is 7.21. The summed E-state index contributed by atoms with van der Waals surface area (Å²) in [5.41, 5.74) is 2.70. The molecule has 2 aromatic carbocycles. The molecule has 2 aliphatic rings. The highest BCUT2D eigenvalue weighted by Crippen LogP contribution is 2.39. The minimum Gasteiger partial charge on any atom is -0.273 e. The fraction of sp³-hybridized carbons (Fsp3) is 0.176. The summed E-state index contributed by atoms with van der Waals surface area (Å²) >= 11 is 13.8. The Morgan fingerprint density at radius 3 is 2.61 bits per heavy atom. The van der Waals surface area contributed by atoms with Crippen molar-refractivity contribution in [2.75, 3.05) is 10.8 Å². The summed E-state index contributed by atoms with van der Waals surface area (Å²) in [6, 6.07) is 13.0. The Kier molecular flexibility index (Phi) is 3.84. The molecule has 6 heteroatoms. The van der Waals surface area contributed by atoms with Crippen LogP contribution in [0.3, 0.4) is 0 Å². The number of anilines is 1. The minimum atomic E-state index is 0.00662. The van der Waals surface area contributed by atoms with Crippen molar-refractivity contribution >= 4 is 52.3 Å². The number of fused-ring (bicyclic) bond motifs is 3. The van der Waals surface area contributed by atoms with Crippen molar-refractivity contribution in [3.8, 4) is 0 Å². The number of thioether (sulfide) groups is 1. The molecule has 0 aliphatic carbocycles. The van der Waals surface area contributed by atoms with E-state index in [2.05, 4.69) is 5.10 Å². The predicted molar refractivity (Wildman–Crippen MR) is 95.8 cm³/mol. The van der Waals surface area contributed by atoms with Crippen LogP contribution in [-0.2, 0) is 4.79 Å². The highest BCUT2D eigenvalue weighted by molar-refractivity contribution is 7.99. The number of hydrazone groups is 1. The van der Waals surface area contributed by atoms with Crippen molar-refractivity contribution in [3.63, 3.8) is 0 Å². The first-order valence-corrected chi connectivity index (χ1v) is 8.96. The Morgan fingerprint density at radius 1 is 1.09 bits per heavy atom. The number of halogens is 2. The van der Waals surface area contributed by atoms with Crippen molar-refractivity contribution in [1.82, 2.24) is 0 Å². The predicted octanol–water partition coefficient (Wildman–Crippen LogP) is 4.86. The van der Waals surface area contributed by atoms with Gasteiger partial charge in [-0.3, -0.25) is 4.79 Å². The molecular weight excluding hydrogens is 351 g/mol. The zero-order valence-electron chi connectivity index (χ0n) is 12.0. The molecule has 0 saturated heterocycles. The van der Waals surface area contributed by atoms with Crippen LogP contribution in [0, 0.1) is 5.92 Å². The summed E-state index contributed by atoms with van der Waals surface area (Å²) < 4.78 is 0. The third-order valence-electron chi connectivity index (χ3n) is 3.98. The van der Waals surface area contributed by atoms with Crippen LogP contribution in [0.15, 0.2) is 52.5 Å². The number of benzene rings is 2. The second-order valence-electron chi connectivity index (χ2n) is 5.52. The molecule has 116 valence electrons. The summed E-state index contributed by atoms with van der Waals surface area (Å²) in [7, 11) is 0. The molecule has 0 saturated carbocycles. The number of amides is 1. The van der Waals surface area contributed by atoms with E-state index in [0.29, 0.717) is 16.5 Å².